The second-order valence-electron chi connectivity index (χ2n) is 8.93. The van der Waals surface area contributed by atoms with E-state index in [0.717, 1.165) is 23.8 Å². The minimum absolute atomic E-state index is 0.0421. The van der Waals surface area contributed by atoms with Crippen LogP contribution in [0.3, 0.4) is 0 Å². The van der Waals surface area contributed by atoms with E-state index in [0.29, 0.717) is 35.7 Å². The Hall–Kier alpha value is -2.10. The molecule has 0 aliphatic carbocycles. The average molecular weight is 472 g/mol. The smallest absolute Gasteiger partial charge is 0.229 e. The van der Waals surface area contributed by atoms with Gasteiger partial charge in [0, 0.05) is 28.4 Å². The van der Waals surface area contributed by atoms with E-state index in [1.807, 2.05) is 60.4 Å². The van der Waals surface area contributed by atoms with E-state index in [1.165, 1.54) is 0 Å². The molecule has 0 spiro atoms. The van der Waals surface area contributed by atoms with E-state index in [4.69, 9.17) is 23.2 Å². The number of likely N-dealkylation sites (tertiary alicyclic amines) is 1. The quantitative estimate of drug-likeness (QED) is 0.282. The molecule has 4 atom stereocenters. The zero-order valence-electron chi connectivity index (χ0n) is 18.8. The van der Waals surface area contributed by atoms with Crippen LogP contribution in [0.4, 0.5) is 0 Å². The molecule has 170 valence electrons. The topological polar surface area (TPSA) is 37.4 Å². The van der Waals surface area contributed by atoms with Crippen LogP contribution in [0, 0.1) is 5.41 Å². The molecule has 0 N–H and O–H groups in total. The molecular weight excluding hydrogens is 441 g/mol. The lowest BCUT2D eigenvalue weighted by molar-refractivity contribution is -0.155. The van der Waals surface area contributed by atoms with Gasteiger partial charge in [0.2, 0.25) is 5.91 Å². The maximum atomic E-state index is 14.0. The van der Waals surface area contributed by atoms with Crippen LogP contribution in [0.15, 0.2) is 61.2 Å². The van der Waals surface area contributed by atoms with Gasteiger partial charge in [-0.1, -0.05) is 67.4 Å². The van der Waals surface area contributed by atoms with Crippen LogP contribution in [-0.4, -0.2) is 23.1 Å². The molecule has 1 amide bonds. The minimum atomic E-state index is -0.577. The number of piperidine rings is 1. The highest BCUT2D eigenvalue weighted by Gasteiger charge is 2.50. The Labute approximate surface area is 201 Å². The van der Waals surface area contributed by atoms with Gasteiger partial charge in [-0.05, 0) is 61.1 Å². The second-order valence-corrected chi connectivity index (χ2v) is 9.81. The molecule has 0 radical (unpaired) electrons. The summed E-state index contributed by atoms with van der Waals surface area (Å²) in [5.41, 5.74) is 1.57. The van der Waals surface area contributed by atoms with Gasteiger partial charge >= 0.3 is 0 Å². The van der Waals surface area contributed by atoms with Crippen molar-refractivity contribution in [3.05, 3.63) is 82.4 Å². The Morgan fingerprint density at radius 1 is 1.16 bits per heavy atom. The van der Waals surface area contributed by atoms with Crippen LogP contribution in [0.25, 0.3) is 0 Å². The molecule has 0 saturated carbocycles. The van der Waals surface area contributed by atoms with Crippen molar-refractivity contribution in [1.29, 1.82) is 0 Å². The molecule has 0 bridgehead atoms. The Kier molecular flexibility index (Phi) is 8.19. The van der Waals surface area contributed by atoms with Gasteiger partial charge in [-0.3, -0.25) is 4.79 Å². The highest BCUT2D eigenvalue weighted by Crippen LogP contribution is 2.52. The number of aldehydes is 1. The van der Waals surface area contributed by atoms with Crippen molar-refractivity contribution in [3.8, 4) is 0 Å². The van der Waals surface area contributed by atoms with E-state index in [1.54, 1.807) is 0 Å². The summed E-state index contributed by atoms with van der Waals surface area (Å²) in [6, 6.07) is 15.5. The summed E-state index contributed by atoms with van der Waals surface area (Å²) in [6.45, 7) is 8.03. The van der Waals surface area contributed by atoms with Crippen molar-refractivity contribution in [1.82, 2.24) is 4.90 Å². The van der Waals surface area contributed by atoms with Crippen molar-refractivity contribution >= 4 is 35.4 Å². The summed E-state index contributed by atoms with van der Waals surface area (Å²) in [4.78, 5) is 27.3. The Morgan fingerprint density at radius 2 is 1.88 bits per heavy atom. The molecule has 5 heteroatoms. The van der Waals surface area contributed by atoms with Gasteiger partial charge in [-0.25, -0.2) is 0 Å². The van der Waals surface area contributed by atoms with Gasteiger partial charge in [0.15, 0.2) is 0 Å². The van der Waals surface area contributed by atoms with E-state index in [-0.39, 0.29) is 23.9 Å². The Bertz CT molecular complexity index is 958. The standard InChI is InChI=1S/C27H31Cl2NO2/c1-4-15-27(3)18-24(20-8-6-9-22(29)17-20)25(19-11-13-21(28)14-12-19)30(26(27)32)23(5-2)10-7-16-31/h4,6,8-9,11-14,16-17,23-25H,1,5,7,10,15,18H2,2-3H3/t23?,24-,25-,27+/m1/s1. The third-order valence-corrected chi connectivity index (χ3v) is 7.15. The highest BCUT2D eigenvalue weighted by molar-refractivity contribution is 6.30. The number of hydrogen-bond acceptors (Lipinski definition) is 2. The fourth-order valence-electron chi connectivity index (χ4n) is 5.09. The number of hydrogen-bond donors (Lipinski definition) is 0. The number of rotatable bonds is 9. The van der Waals surface area contributed by atoms with Gasteiger partial charge < -0.3 is 9.69 Å². The summed E-state index contributed by atoms with van der Waals surface area (Å²) in [7, 11) is 0. The lowest BCUT2D eigenvalue weighted by Gasteiger charge is -2.52. The molecule has 2 aromatic carbocycles. The van der Waals surface area contributed by atoms with E-state index >= 15 is 0 Å². The third kappa shape index (κ3) is 5.10. The summed E-state index contributed by atoms with van der Waals surface area (Å²) >= 11 is 12.6. The molecule has 1 aliphatic heterocycles. The summed E-state index contributed by atoms with van der Waals surface area (Å²) < 4.78 is 0. The zero-order valence-corrected chi connectivity index (χ0v) is 20.3. The molecule has 0 aromatic heterocycles. The van der Waals surface area contributed by atoms with Gasteiger partial charge in [0.05, 0.1) is 11.5 Å². The predicted octanol–water partition coefficient (Wildman–Crippen LogP) is 7.39. The van der Waals surface area contributed by atoms with Gasteiger partial charge in [0.1, 0.15) is 6.29 Å². The number of nitrogens with zero attached hydrogens (tertiary/aromatic N) is 1. The normalized spacial score (nSPS) is 24.2. The number of carbonyl (C=O) groups is 2. The molecule has 3 nitrogen and oxygen atoms in total. The molecule has 1 fully saturated rings. The monoisotopic (exact) mass is 471 g/mol. The van der Waals surface area contributed by atoms with Crippen LogP contribution in [0.5, 0.6) is 0 Å². The minimum Gasteiger partial charge on any atom is -0.332 e. The predicted molar refractivity (Wildman–Crippen MR) is 132 cm³/mol. The van der Waals surface area contributed by atoms with Crippen LogP contribution in [0.2, 0.25) is 10.0 Å². The number of halogens is 2. The summed E-state index contributed by atoms with van der Waals surface area (Å²) in [6.07, 6.45) is 5.89. The second kappa shape index (κ2) is 10.7. The van der Waals surface area contributed by atoms with Gasteiger partial charge in [0.25, 0.3) is 0 Å². The molecule has 3 rings (SSSR count). The van der Waals surface area contributed by atoms with E-state index in [9.17, 15) is 9.59 Å². The number of benzene rings is 2. The molecule has 1 saturated heterocycles. The number of carbonyl (C=O) groups excluding carboxylic acids is 2. The molecule has 32 heavy (non-hydrogen) atoms. The first-order valence-electron chi connectivity index (χ1n) is 11.2. The van der Waals surface area contributed by atoms with E-state index < -0.39 is 5.41 Å². The first kappa shape index (κ1) is 24.5. The zero-order chi connectivity index (χ0) is 23.3. The summed E-state index contributed by atoms with van der Waals surface area (Å²) in [5, 5.41) is 1.34. The Balaban J connectivity index is 2.21. The molecule has 1 unspecified atom stereocenters. The molecule has 1 heterocycles. The van der Waals surface area contributed by atoms with Crippen molar-refractivity contribution in [2.75, 3.05) is 0 Å². The van der Waals surface area contributed by atoms with Gasteiger partial charge in [-0.2, -0.15) is 0 Å². The Morgan fingerprint density at radius 3 is 2.47 bits per heavy atom. The molecule has 2 aromatic rings. The fraction of sp³-hybridized carbons (Fsp3) is 0.407. The molecular formula is C27H31Cl2NO2. The third-order valence-electron chi connectivity index (χ3n) is 6.67. The van der Waals surface area contributed by atoms with Crippen molar-refractivity contribution < 1.29 is 9.59 Å². The first-order valence-corrected chi connectivity index (χ1v) is 12.0. The SMILES string of the molecule is C=CC[C@@]1(C)C[C@H](c2cccc(Cl)c2)[C@@H](c2ccc(Cl)cc2)N(C(CC)CCC=O)C1=O. The number of amides is 1. The van der Waals surface area contributed by atoms with Crippen LogP contribution in [-0.2, 0) is 9.59 Å². The lowest BCUT2D eigenvalue weighted by atomic mass is 9.67. The highest BCUT2D eigenvalue weighted by atomic mass is 35.5. The number of allylic oxidation sites excluding steroid dienone is 1. The van der Waals surface area contributed by atoms with Crippen molar-refractivity contribution in [2.24, 2.45) is 5.41 Å². The van der Waals surface area contributed by atoms with Crippen LogP contribution >= 0.6 is 23.2 Å². The maximum absolute atomic E-state index is 14.0. The first-order chi connectivity index (χ1) is 15.3. The maximum Gasteiger partial charge on any atom is 0.229 e. The van der Waals surface area contributed by atoms with Crippen molar-refractivity contribution in [2.45, 2.75) is 64.0 Å². The lowest BCUT2D eigenvalue weighted by Crippen LogP contribution is -2.55. The molecule has 1 aliphatic rings. The van der Waals surface area contributed by atoms with Crippen LogP contribution < -0.4 is 0 Å². The summed E-state index contributed by atoms with van der Waals surface area (Å²) in [5.74, 6) is 0.163. The van der Waals surface area contributed by atoms with Crippen molar-refractivity contribution in [3.63, 3.8) is 0 Å². The largest absolute Gasteiger partial charge is 0.332 e. The fourth-order valence-corrected chi connectivity index (χ4v) is 5.41. The average Bonchev–Trinajstić information content (AvgIpc) is 2.77. The van der Waals surface area contributed by atoms with Gasteiger partial charge in [-0.15, -0.1) is 6.58 Å². The van der Waals surface area contributed by atoms with Crippen LogP contribution in [0.1, 0.15) is 69.0 Å². The van der Waals surface area contributed by atoms with E-state index in [2.05, 4.69) is 19.6 Å².